The highest BCUT2D eigenvalue weighted by Gasteiger charge is 2.47. The first-order valence-corrected chi connectivity index (χ1v) is 12.0. The zero-order valence-electron chi connectivity index (χ0n) is 18.6. The van der Waals surface area contributed by atoms with Gasteiger partial charge in [0.1, 0.15) is 23.0 Å². The molecule has 2 bridgehead atoms. The molecular formula is C24H25FN6OS. The number of phenolic OH excluding ortho intramolecular Hbond substituents is 1. The van der Waals surface area contributed by atoms with Gasteiger partial charge in [-0.3, -0.25) is 0 Å². The molecule has 0 aliphatic heterocycles. The molecule has 0 unspecified atom stereocenters. The molecule has 2 saturated carbocycles. The number of nitrogens with zero attached hydrogens (tertiary/aromatic N) is 6. The highest BCUT2D eigenvalue weighted by atomic mass is 32.1. The van der Waals surface area contributed by atoms with Crippen molar-refractivity contribution in [3.05, 3.63) is 35.5 Å². The minimum Gasteiger partial charge on any atom is -0.507 e. The van der Waals surface area contributed by atoms with Gasteiger partial charge in [0.05, 0.1) is 17.8 Å². The summed E-state index contributed by atoms with van der Waals surface area (Å²) in [6.45, 7) is 2.28. The Labute approximate surface area is 196 Å². The third-order valence-electron chi connectivity index (χ3n) is 7.14. The number of hydrogen-bond acceptors (Lipinski definition) is 8. The molecule has 0 amide bonds. The van der Waals surface area contributed by atoms with Crippen LogP contribution >= 0.6 is 11.3 Å². The number of benzene rings is 1. The van der Waals surface area contributed by atoms with Gasteiger partial charge < -0.3 is 10.0 Å². The average molecular weight is 465 g/mol. The Balaban J connectivity index is 1.36. The van der Waals surface area contributed by atoms with Crippen LogP contribution in [0.5, 0.6) is 5.75 Å². The largest absolute Gasteiger partial charge is 0.507 e. The smallest absolute Gasteiger partial charge is 0.185 e. The summed E-state index contributed by atoms with van der Waals surface area (Å²) in [4.78, 5) is 10.5. The second-order valence-electron chi connectivity index (χ2n) is 9.52. The van der Waals surface area contributed by atoms with Crippen LogP contribution in [-0.2, 0) is 0 Å². The Bertz CT molecular complexity index is 1210. The van der Waals surface area contributed by atoms with E-state index in [0.717, 1.165) is 32.1 Å². The number of aromatic hydroxyl groups is 1. The third kappa shape index (κ3) is 4.04. The number of nitriles is 1. The number of halogens is 1. The molecule has 1 aromatic carbocycles. The van der Waals surface area contributed by atoms with Crippen molar-refractivity contribution in [1.29, 1.82) is 5.26 Å². The number of anilines is 1. The molecular weight excluding hydrogens is 439 g/mol. The molecule has 1 N–H and O–H groups in total. The standard InChI is InChI=1S/C24H25FN6OS/c1-24-7-3-4-15(9-24)21(25)18(10-24)31(2)20-12-27-22(30-29-20)17-6-5-14(8-19(17)32)23-28-16(11-26)13-33-23/h5-6,8,12-13,15,18,21,32H,3-4,7,9-10H2,1-2H3/t15-,18-,21+,24+/m1/s1. The summed E-state index contributed by atoms with van der Waals surface area (Å²) >= 11 is 1.34. The lowest BCUT2D eigenvalue weighted by atomic mass is 9.60. The summed E-state index contributed by atoms with van der Waals surface area (Å²) in [5.74, 6) is 0.930. The van der Waals surface area contributed by atoms with Gasteiger partial charge in [-0.15, -0.1) is 21.5 Å². The highest BCUT2D eigenvalue weighted by molar-refractivity contribution is 7.13. The molecule has 0 radical (unpaired) electrons. The molecule has 2 aliphatic rings. The molecule has 4 atom stereocenters. The molecule has 33 heavy (non-hydrogen) atoms. The maximum atomic E-state index is 15.3. The summed E-state index contributed by atoms with van der Waals surface area (Å²) in [5, 5.41) is 30.4. The Kier molecular flexibility index (Phi) is 5.49. The first kappa shape index (κ1) is 21.7. The van der Waals surface area contributed by atoms with Gasteiger partial charge in [0.15, 0.2) is 17.3 Å². The zero-order chi connectivity index (χ0) is 23.2. The highest BCUT2D eigenvalue weighted by Crippen LogP contribution is 2.50. The van der Waals surface area contributed by atoms with Gasteiger partial charge in [0.25, 0.3) is 0 Å². The van der Waals surface area contributed by atoms with E-state index in [4.69, 9.17) is 5.26 Å². The lowest BCUT2D eigenvalue weighted by Gasteiger charge is -2.50. The number of aromatic nitrogens is 4. The van der Waals surface area contributed by atoms with Gasteiger partial charge in [0.2, 0.25) is 0 Å². The molecule has 0 saturated heterocycles. The predicted molar refractivity (Wildman–Crippen MR) is 125 cm³/mol. The lowest BCUT2D eigenvalue weighted by molar-refractivity contribution is 0.0113. The van der Waals surface area contributed by atoms with Crippen LogP contribution in [0.25, 0.3) is 22.0 Å². The van der Waals surface area contributed by atoms with E-state index in [1.807, 2.05) is 18.0 Å². The monoisotopic (exact) mass is 464 g/mol. The summed E-state index contributed by atoms with van der Waals surface area (Å²) in [6.07, 6.45) is 5.70. The molecule has 2 heterocycles. The van der Waals surface area contributed by atoms with Crippen LogP contribution in [0.3, 0.4) is 0 Å². The molecule has 9 heteroatoms. The van der Waals surface area contributed by atoms with Crippen molar-refractivity contribution in [2.24, 2.45) is 11.3 Å². The summed E-state index contributed by atoms with van der Waals surface area (Å²) in [6, 6.07) is 6.85. The van der Waals surface area contributed by atoms with Crippen molar-refractivity contribution < 1.29 is 9.50 Å². The normalized spacial score (nSPS) is 26.5. The number of alkyl halides is 1. The van der Waals surface area contributed by atoms with Crippen LogP contribution in [-0.4, -0.2) is 44.5 Å². The van der Waals surface area contributed by atoms with E-state index in [1.54, 1.807) is 29.8 Å². The second-order valence-corrected chi connectivity index (χ2v) is 10.4. The molecule has 2 aromatic heterocycles. The van der Waals surface area contributed by atoms with Gasteiger partial charge >= 0.3 is 0 Å². The maximum Gasteiger partial charge on any atom is 0.185 e. The van der Waals surface area contributed by atoms with Gasteiger partial charge in [-0.1, -0.05) is 19.4 Å². The fourth-order valence-electron chi connectivity index (χ4n) is 5.40. The van der Waals surface area contributed by atoms with E-state index < -0.39 is 6.17 Å². The Morgan fingerprint density at radius 2 is 2.15 bits per heavy atom. The van der Waals surface area contributed by atoms with E-state index in [-0.39, 0.29) is 28.9 Å². The average Bonchev–Trinajstić information content (AvgIpc) is 3.31. The fraction of sp³-hybridized carbons (Fsp3) is 0.458. The first-order chi connectivity index (χ1) is 15.9. The van der Waals surface area contributed by atoms with Crippen molar-refractivity contribution in [3.8, 4) is 33.8 Å². The first-order valence-electron chi connectivity index (χ1n) is 11.1. The van der Waals surface area contributed by atoms with Crippen LogP contribution in [0, 0.1) is 22.7 Å². The van der Waals surface area contributed by atoms with Crippen LogP contribution in [0.15, 0.2) is 29.8 Å². The Morgan fingerprint density at radius 3 is 2.85 bits per heavy atom. The van der Waals surface area contributed by atoms with Crippen molar-refractivity contribution in [2.75, 3.05) is 11.9 Å². The van der Waals surface area contributed by atoms with Gasteiger partial charge in [-0.05, 0) is 49.1 Å². The maximum absolute atomic E-state index is 15.3. The van der Waals surface area contributed by atoms with Gasteiger partial charge in [0, 0.05) is 18.0 Å². The molecule has 2 fully saturated rings. The second kappa shape index (κ2) is 8.34. The minimum absolute atomic E-state index is 0.000894. The molecule has 7 nitrogen and oxygen atoms in total. The number of fused-ring (bicyclic) bond motifs is 2. The summed E-state index contributed by atoms with van der Waals surface area (Å²) in [5.41, 5.74) is 1.68. The molecule has 0 spiro atoms. The predicted octanol–water partition coefficient (Wildman–Crippen LogP) is 4.98. The summed E-state index contributed by atoms with van der Waals surface area (Å²) < 4.78 is 15.3. The number of hydrogen-bond donors (Lipinski definition) is 1. The molecule has 170 valence electrons. The zero-order valence-corrected chi connectivity index (χ0v) is 19.4. The van der Waals surface area contributed by atoms with Crippen molar-refractivity contribution in [1.82, 2.24) is 20.2 Å². The van der Waals surface area contributed by atoms with Crippen LogP contribution in [0.4, 0.5) is 10.2 Å². The number of phenols is 1. The van der Waals surface area contributed by atoms with Crippen molar-refractivity contribution in [3.63, 3.8) is 0 Å². The SMILES string of the molecule is CN(c1cnc(-c2ccc(-c3nc(C#N)cs3)cc2O)nn1)[C@@H]1C[C@@]2(C)CCC[C@H](C2)[C@@H]1F. The van der Waals surface area contributed by atoms with Crippen LogP contribution in [0.2, 0.25) is 0 Å². The van der Waals surface area contributed by atoms with Crippen molar-refractivity contribution in [2.45, 2.75) is 51.2 Å². The lowest BCUT2D eigenvalue weighted by Crippen LogP contribution is -2.52. The van der Waals surface area contributed by atoms with Crippen LogP contribution in [0.1, 0.15) is 44.7 Å². The topological polar surface area (TPSA) is 98.8 Å². The number of thiazole rings is 1. The number of rotatable bonds is 4. The minimum atomic E-state index is -0.881. The third-order valence-corrected chi connectivity index (χ3v) is 8.03. The van der Waals surface area contributed by atoms with Crippen molar-refractivity contribution >= 4 is 17.2 Å². The van der Waals surface area contributed by atoms with Crippen LogP contribution < -0.4 is 4.90 Å². The van der Waals surface area contributed by atoms with E-state index >= 15 is 4.39 Å². The molecule has 3 aromatic rings. The van der Waals surface area contributed by atoms with E-state index in [2.05, 4.69) is 27.1 Å². The van der Waals surface area contributed by atoms with Gasteiger partial charge in [-0.25, -0.2) is 14.4 Å². The quantitative estimate of drug-likeness (QED) is 0.581. The Hall–Kier alpha value is -3.12. The Morgan fingerprint density at radius 1 is 1.30 bits per heavy atom. The molecule has 5 rings (SSSR count). The van der Waals surface area contributed by atoms with E-state index in [9.17, 15) is 5.11 Å². The van der Waals surface area contributed by atoms with Gasteiger partial charge in [-0.2, -0.15) is 5.26 Å². The fourth-order valence-corrected chi connectivity index (χ4v) is 6.15. The molecule has 2 aliphatic carbocycles. The van der Waals surface area contributed by atoms with E-state index in [1.165, 1.54) is 11.3 Å². The summed E-state index contributed by atoms with van der Waals surface area (Å²) in [7, 11) is 1.86. The van der Waals surface area contributed by atoms with E-state index in [0.29, 0.717) is 27.6 Å².